The van der Waals surface area contributed by atoms with Crippen LogP contribution in [0.3, 0.4) is 0 Å². The summed E-state index contributed by atoms with van der Waals surface area (Å²) in [6, 6.07) is 15.7. The Kier molecular flexibility index (Phi) is 7.59. The highest BCUT2D eigenvalue weighted by atomic mass is 32.1. The molecule has 0 bridgehead atoms. The van der Waals surface area contributed by atoms with E-state index in [4.69, 9.17) is 18.9 Å². The van der Waals surface area contributed by atoms with Gasteiger partial charge in [-0.2, -0.15) is 12.6 Å². The largest absolute Gasteiger partial charge is 0.491 e. The molecule has 6 nitrogen and oxygen atoms in total. The van der Waals surface area contributed by atoms with Gasteiger partial charge < -0.3 is 24.1 Å². The number of carbonyl (C=O) groups excluding carboxylic acids is 1. The number of aliphatic hydroxyl groups excluding tert-OH is 1. The van der Waals surface area contributed by atoms with E-state index >= 15 is 0 Å². The van der Waals surface area contributed by atoms with Crippen LogP contribution in [0.2, 0.25) is 0 Å². The smallest absolute Gasteiger partial charge is 0.315 e. The summed E-state index contributed by atoms with van der Waals surface area (Å²) in [6.45, 7) is 1.31. The quantitative estimate of drug-likeness (QED) is 0.340. The molecule has 7 heteroatoms. The number of hydrogen-bond donors (Lipinski definition) is 2. The summed E-state index contributed by atoms with van der Waals surface area (Å²) in [5.41, 5.74) is 2.25. The van der Waals surface area contributed by atoms with Crippen LogP contribution in [0.15, 0.2) is 48.5 Å². The Morgan fingerprint density at radius 1 is 1.11 bits per heavy atom. The molecular formula is C21H24O6S. The van der Waals surface area contributed by atoms with Gasteiger partial charge in [0.15, 0.2) is 0 Å². The molecule has 2 aromatic carbocycles. The second-order valence-electron chi connectivity index (χ2n) is 6.54. The third-order valence-electron chi connectivity index (χ3n) is 4.08. The molecule has 1 saturated heterocycles. The van der Waals surface area contributed by atoms with Gasteiger partial charge in [0.05, 0.1) is 12.4 Å². The maximum atomic E-state index is 11.0. The maximum Gasteiger partial charge on any atom is 0.315 e. The lowest BCUT2D eigenvalue weighted by atomic mass is 10.0. The second kappa shape index (κ2) is 10.4. The monoisotopic (exact) mass is 404 g/mol. The van der Waals surface area contributed by atoms with E-state index in [2.05, 4.69) is 12.6 Å². The molecule has 1 aliphatic rings. The number of benzene rings is 2. The summed E-state index contributed by atoms with van der Waals surface area (Å²) < 4.78 is 21.2. The molecule has 1 aliphatic heterocycles. The molecule has 3 rings (SSSR count). The molecule has 2 aromatic rings. The number of epoxide rings is 1. The van der Waals surface area contributed by atoms with Crippen LogP contribution >= 0.6 is 12.6 Å². The minimum absolute atomic E-state index is 0.0162. The van der Waals surface area contributed by atoms with Crippen LogP contribution in [0.4, 0.5) is 0 Å². The predicted octanol–water partition coefficient (Wildman–Crippen LogP) is 2.27. The lowest BCUT2D eigenvalue weighted by molar-refractivity contribution is -0.143. The zero-order chi connectivity index (χ0) is 19.8. The van der Waals surface area contributed by atoms with Gasteiger partial charge in [-0.3, -0.25) is 4.79 Å². The Bertz CT molecular complexity index is 760. The minimum atomic E-state index is -0.888. The molecule has 0 spiro atoms. The Morgan fingerprint density at radius 3 is 2.61 bits per heavy atom. The molecule has 0 radical (unpaired) electrons. The molecule has 1 N–H and O–H groups in total. The first-order chi connectivity index (χ1) is 13.6. The van der Waals surface area contributed by atoms with E-state index in [-0.39, 0.29) is 25.1 Å². The Morgan fingerprint density at radius 2 is 1.89 bits per heavy atom. The highest BCUT2D eigenvalue weighted by Gasteiger charge is 2.22. The number of esters is 1. The Balaban J connectivity index is 1.46. The van der Waals surface area contributed by atoms with Crippen molar-refractivity contribution in [1.29, 1.82) is 0 Å². The first kappa shape index (κ1) is 20.5. The fraction of sp³-hybridized carbons (Fsp3) is 0.381. The van der Waals surface area contributed by atoms with Crippen molar-refractivity contribution in [3.63, 3.8) is 0 Å². The van der Waals surface area contributed by atoms with Gasteiger partial charge in [0.1, 0.15) is 43.5 Å². The number of rotatable bonds is 11. The topological polar surface area (TPSA) is 77.5 Å². The van der Waals surface area contributed by atoms with Crippen LogP contribution < -0.4 is 9.47 Å². The normalized spacial score (nSPS) is 16.3. The number of hydrogen-bond acceptors (Lipinski definition) is 7. The van der Waals surface area contributed by atoms with Crippen molar-refractivity contribution in [1.82, 2.24) is 0 Å². The van der Waals surface area contributed by atoms with Crippen molar-refractivity contribution in [3.8, 4) is 11.5 Å². The van der Waals surface area contributed by atoms with Crippen LogP contribution in [0.5, 0.6) is 11.5 Å². The van der Waals surface area contributed by atoms with Crippen molar-refractivity contribution < 1.29 is 28.8 Å². The van der Waals surface area contributed by atoms with E-state index in [1.54, 1.807) is 0 Å². The first-order valence-electron chi connectivity index (χ1n) is 9.12. The summed E-state index contributed by atoms with van der Waals surface area (Å²) in [6.07, 6.45) is 0.114. The molecule has 0 aliphatic carbocycles. The number of aliphatic hydroxyl groups is 1. The van der Waals surface area contributed by atoms with E-state index < -0.39 is 12.1 Å². The van der Waals surface area contributed by atoms with Gasteiger partial charge >= 0.3 is 5.97 Å². The van der Waals surface area contributed by atoms with Gasteiger partial charge in [0.2, 0.25) is 0 Å². The summed E-state index contributed by atoms with van der Waals surface area (Å²) in [5.74, 6) is 1.00. The average molecular weight is 404 g/mol. The standard InChI is InChI=1S/C21H24O6S/c22-17(11-27-21(23)14-28)10-24-19-3-1-2-16(9-19)8-15-4-6-18(7-5-15)25-12-20-13-26-20/h1-7,9,17,20,22,28H,8,10-14H2. The van der Waals surface area contributed by atoms with E-state index in [1.807, 2.05) is 48.5 Å². The summed E-state index contributed by atoms with van der Waals surface area (Å²) in [7, 11) is 0. The Labute approximate surface area is 169 Å². The second-order valence-corrected chi connectivity index (χ2v) is 6.86. The Hall–Kier alpha value is -2.22. The third kappa shape index (κ3) is 7.07. The van der Waals surface area contributed by atoms with Crippen LogP contribution in [-0.4, -0.2) is 55.5 Å². The lowest BCUT2D eigenvalue weighted by Gasteiger charge is -2.13. The summed E-state index contributed by atoms with van der Waals surface area (Å²) in [5, 5.41) is 9.82. The van der Waals surface area contributed by atoms with Crippen molar-refractivity contribution in [3.05, 3.63) is 59.7 Å². The first-order valence-corrected chi connectivity index (χ1v) is 9.75. The van der Waals surface area contributed by atoms with E-state index in [0.29, 0.717) is 12.4 Å². The molecule has 1 fully saturated rings. The zero-order valence-electron chi connectivity index (χ0n) is 15.5. The van der Waals surface area contributed by atoms with Gasteiger partial charge in [-0.1, -0.05) is 24.3 Å². The molecule has 0 saturated carbocycles. The highest BCUT2D eigenvalue weighted by Crippen LogP contribution is 2.20. The van der Waals surface area contributed by atoms with Crippen molar-refractivity contribution in [2.24, 2.45) is 0 Å². The van der Waals surface area contributed by atoms with Crippen LogP contribution in [-0.2, 0) is 20.7 Å². The van der Waals surface area contributed by atoms with E-state index in [1.165, 1.54) is 0 Å². The van der Waals surface area contributed by atoms with Crippen molar-refractivity contribution in [2.75, 3.05) is 32.2 Å². The van der Waals surface area contributed by atoms with Gasteiger partial charge in [-0.25, -0.2) is 0 Å². The SMILES string of the molecule is O=C(CS)OCC(O)COc1cccc(Cc2ccc(OCC3CO3)cc2)c1. The zero-order valence-corrected chi connectivity index (χ0v) is 16.3. The average Bonchev–Trinajstić information content (AvgIpc) is 3.55. The third-order valence-corrected chi connectivity index (χ3v) is 4.33. The molecule has 2 atom stereocenters. The molecule has 2 unspecified atom stereocenters. The molecule has 28 heavy (non-hydrogen) atoms. The lowest BCUT2D eigenvalue weighted by Crippen LogP contribution is -2.25. The van der Waals surface area contributed by atoms with Gasteiger partial charge in [-0.05, 0) is 41.8 Å². The number of ether oxygens (including phenoxy) is 4. The number of thiol groups is 1. The van der Waals surface area contributed by atoms with Crippen LogP contribution in [0, 0.1) is 0 Å². The molecule has 0 amide bonds. The van der Waals surface area contributed by atoms with Gasteiger partial charge in [0.25, 0.3) is 0 Å². The fourth-order valence-corrected chi connectivity index (χ4v) is 2.60. The molecule has 150 valence electrons. The van der Waals surface area contributed by atoms with Crippen LogP contribution in [0.1, 0.15) is 11.1 Å². The fourth-order valence-electron chi connectivity index (χ4n) is 2.51. The predicted molar refractivity (Wildman–Crippen MR) is 107 cm³/mol. The molecular weight excluding hydrogens is 380 g/mol. The van der Waals surface area contributed by atoms with Gasteiger partial charge in [0, 0.05) is 0 Å². The van der Waals surface area contributed by atoms with E-state index in [0.717, 1.165) is 29.9 Å². The van der Waals surface area contributed by atoms with E-state index in [9.17, 15) is 9.90 Å². The molecule has 1 heterocycles. The number of carbonyl (C=O) groups is 1. The maximum absolute atomic E-state index is 11.0. The summed E-state index contributed by atoms with van der Waals surface area (Å²) in [4.78, 5) is 11.0. The minimum Gasteiger partial charge on any atom is -0.491 e. The van der Waals surface area contributed by atoms with Gasteiger partial charge in [-0.15, -0.1) is 0 Å². The van der Waals surface area contributed by atoms with Crippen LogP contribution in [0.25, 0.3) is 0 Å². The van der Waals surface area contributed by atoms with Crippen molar-refractivity contribution >= 4 is 18.6 Å². The van der Waals surface area contributed by atoms with Crippen molar-refractivity contribution in [2.45, 2.75) is 18.6 Å². The molecule has 0 aromatic heterocycles. The highest BCUT2D eigenvalue weighted by molar-refractivity contribution is 7.81. The summed E-state index contributed by atoms with van der Waals surface area (Å²) >= 11 is 3.81.